The van der Waals surface area contributed by atoms with E-state index in [2.05, 4.69) is 0 Å². The third kappa shape index (κ3) is 2.12. The second-order valence-electron chi connectivity index (χ2n) is 1.15. The van der Waals surface area contributed by atoms with Crippen molar-refractivity contribution in [1.82, 2.24) is 0 Å². The number of halogens is 6. The van der Waals surface area contributed by atoms with E-state index in [1.165, 1.54) is 0 Å². The van der Waals surface area contributed by atoms with Crippen molar-refractivity contribution >= 4 is 0 Å². The van der Waals surface area contributed by atoms with Crippen LogP contribution in [0.1, 0.15) is 0 Å². The molecule has 0 spiro atoms. The quantitative estimate of drug-likeness (QED) is 0.432. The Hall–Kier alpha value is -0.940. The summed E-state index contributed by atoms with van der Waals surface area (Å²) in [7, 11) is 0. The standard InChI is InChI=1S/C4F6/c5-1(3(7)8)2(6)4(9)10/q-2/b2-1+. The van der Waals surface area contributed by atoms with Crippen molar-refractivity contribution in [2.75, 3.05) is 0 Å². The summed E-state index contributed by atoms with van der Waals surface area (Å²) in [6.45, 7) is 0. The van der Waals surface area contributed by atoms with Gasteiger partial charge in [-0.2, -0.15) is 0 Å². The van der Waals surface area contributed by atoms with Gasteiger partial charge in [-0.3, -0.25) is 0 Å². The highest BCUT2D eigenvalue weighted by molar-refractivity contribution is 5.17. The first-order valence-electron chi connectivity index (χ1n) is 1.88. The lowest BCUT2D eigenvalue weighted by molar-refractivity contribution is 0.239. The Morgan fingerprint density at radius 1 is 0.700 bits per heavy atom. The van der Waals surface area contributed by atoms with Crippen molar-refractivity contribution < 1.29 is 26.3 Å². The molecule has 0 bridgehead atoms. The first kappa shape index (κ1) is 9.06. The highest BCUT2D eigenvalue weighted by Crippen LogP contribution is 2.29. The zero-order chi connectivity index (χ0) is 8.31. The Morgan fingerprint density at radius 3 is 1.00 bits per heavy atom. The van der Waals surface area contributed by atoms with Crippen LogP contribution < -0.4 is 0 Å². The van der Waals surface area contributed by atoms with Crippen molar-refractivity contribution in [2.45, 2.75) is 0 Å². The second-order valence-corrected chi connectivity index (χ2v) is 1.15. The van der Waals surface area contributed by atoms with Crippen LogP contribution in [0.5, 0.6) is 0 Å². The molecule has 0 fully saturated rings. The first-order valence-corrected chi connectivity index (χ1v) is 1.88. The van der Waals surface area contributed by atoms with E-state index < -0.39 is 24.5 Å². The predicted molar refractivity (Wildman–Crippen MR) is 20.2 cm³/mol. The van der Waals surface area contributed by atoms with E-state index in [1.54, 1.807) is 0 Å². The average molecular weight is 162 g/mol. The summed E-state index contributed by atoms with van der Waals surface area (Å²) >= 11 is 0. The molecule has 0 aromatic carbocycles. The fraction of sp³-hybridized carbons (Fsp3) is 0. The van der Waals surface area contributed by atoms with Gasteiger partial charge in [0.1, 0.15) is 0 Å². The maximum absolute atomic E-state index is 11.4. The minimum absolute atomic E-state index is 2.82. The van der Waals surface area contributed by atoms with Crippen molar-refractivity contribution in [3.05, 3.63) is 24.5 Å². The lowest BCUT2D eigenvalue weighted by atomic mass is 10.4. The topological polar surface area (TPSA) is 0 Å². The monoisotopic (exact) mass is 162 g/mol. The van der Waals surface area contributed by atoms with Crippen molar-refractivity contribution in [3.8, 4) is 0 Å². The molecule has 0 heterocycles. The van der Waals surface area contributed by atoms with Gasteiger partial charge in [-0.1, -0.05) is 11.7 Å². The average Bonchev–Trinajstić information content (AvgIpc) is 1.84. The predicted octanol–water partition coefficient (Wildman–Crippen LogP) is 2.99. The van der Waals surface area contributed by atoms with Crippen LogP contribution in [0.25, 0.3) is 0 Å². The molecule has 0 aliphatic rings. The van der Waals surface area contributed by atoms with Gasteiger partial charge in [0.15, 0.2) is 0 Å². The minimum Gasteiger partial charge on any atom is -0.353 e. The van der Waals surface area contributed by atoms with Gasteiger partial charge in [-0.15, -0.1) is 0 Å². The Bertz CT molecular complexity index is 121. The van der Waals surface area contributed by atoms with E-state index in [0.29, 0.717) is 0 Å². The van der Waals surface area contributed by atoms with Crippen molar-refractivity contribution in [1.29, 1.82) is 0 Å². The van der Waals surface area contributed by atoms with Crippen LogP contribution in [-0.4, -0.2) is 0 Å². The summed E-state index contributed by atoms with van der Waals surface area (Å²) in [6.07, 6.45) is -6.21. The second kappa shape index (κ2) is 3.28. The van der Waals surface area contributed by atoms with Gasteiger partial charge >= 0.3 is 0 Å². The van der Waals surface area contributed by atoms with Gasteiger partial charge in [0.2, 0.25) is 0 Å². The number of allylic oxidation sites excluding steroid dienone is 2. The maximum atomic E-state index is 11.4. The highest BCUT2D eigenvalue weighted by atomic mass is 19.3. The smallest absolute Gasteiger partial charge is 0.0626 e. The lowest BCUT2D eigenvalue weighted by Crippen LogP contribution is -1.89. The van der Waals surface area contributed by atoms with Gasteiger partial charge in [-0.05, 0) is 0 Å². The van der Waals surface area contributed by atoms with E-state index in [1.807, 2.05) is 0 Å². The van der Waals surface area contributed by atoms with Crippen LogP contribution in [0.4, 0.5) is 26.3 Å². The van der Waals surface area contributed by atoms with Gasteiger partial charge in [0.05, 0.1) is 12.9 Å². The SMILES string of the molecule is F/C(=C(/F)[C-](F)F)[C-](F)F. The van der Waals surface area contributed by atoms with Crippen LogP contribution in [0, 0.1) is 12.9 Å². The molecule has 0 unspecified atom stereocenters. The van der Waals surface area contributed by atoms with Gasteiger partial charge in [0.25, 0.3) is 0 Å². The molecule has 0 aliphatic carbocycles. The number of rotatable bonds is 2. The van der Waals surface area contributed by atoms with Crippen LogP contribution in [0.3, 0.4) is 0 Å². The molecule has 0 aliphatic heterocycles. The lowest BCUT2D eigenvalue weighted by Gasteiger charge is -2.19. The first-order chi connectivity index (χ1) is 4.46. The van der Waals surface area contributed by atoms with Crippen molar-refractivity contribution in [3.63, 3.8) is 0 Å². The Balaban J connectivity index is 4.34. The molecule has 0 amide bonds. The molecule has 0 aromatic rings. The fourth-order valence-electron chi connectivity index (χ4n) is 0.166. The van der Waals surface area contributed by atoms with E-state index in [0.717, 1.165) is 0 Å². The summed E-state index contributed by atoms with van der Waals surface area (Å²) in [6, 6.07) is 0. The number of hydrogen-bond donors (Lipinski definition) is 0. The largest absolute Gasteiger partial charge is 0.353 e. The molecular weight excluding hydrogens is 162 g/mol. The molecule has 60 valence electrons. The minimum atomic E-state index is -3.11. The fourth-order valence-corrected chi connectivity index (χ4v) is 0.166. The molecule has 0 saturated carbocycles. The molecule has 0 N–H and O–H groups in total. The Morgan fingerprint density at radius 2 is 0.900 bits per heavy atom. The Kier molecular flexibility index (Phi) is 2.98. The molecular formula is C4F6-2. The third-order valence-electron chi connectivity index (χ3n) is 0.525. The van der Waals surface area contributed by atoms with Crippen LogP contribution in [-0.2, 0) is 0 Å². The maximum Gasteiger partial charge on any atom is 0.0626 e. The summed E-state index contributed by atoms with van der Waals surface area (Å²) < 4.78 is 66.5. The van der Waals surface area contributed by atoms with Crippen LogP contribution >= 0.6 is 0 Å². The van der Waals surface area contributed by atoms with Crippen molar-refractivity contribution in [2.24, 2.45) is 0 Å². The van der Waals surface area contributed by atoms with E-state index in [9.17, 15) is 26.3 Å². The van der Waals surface area contributed by atoms with Gasteiger partial charge in [0, 0.05) is 0 Å². The van der Waals surface area contributed by atoms with E-state index >= 15 is 0 Å². The van der Waals surface area contributed by atoms with Gasteiger partial charge < -0.3 is 26.3 Å². The highest BCUT2D eigenvalue weighted by Gasteiger charge is 1.99. The van der Waals surface area contributed by atoms with E-state index in [-0.39, 0.29) is 0 Å². The normalized spacial score (nSPS) is 12.6. The summed E-state index contributed by atoms with van der Waals surface area (Å²) in [5.74, 6) is -5.64. The Labute approximate surface area is 52.1 Å². The molecule has 0 rings (SSSR count). The molecule has 0 saturated heterocycles. The summed E-state index contributed by atoms with van der Waals surface area (Å²) in [5.41, 5.74) is 0. The van der Waals surface area contributed by atoms with Gasteiger partial charge in [-0.25, -0.2) is 0 Å². The van der Waals surface area contributed by atoms with Crippen LogP contribution in [0.2, 0.25) is 0 Å². The summed E-state index contributed by atoms with van der Waals surface area (Å²) in [5, 5.41) is 0. The molecule has 0 nitrogen and oxygen atoms in total. The summed E-state index contributed by atoms with van der Waals surface area (Å²) in [4.78, 5) is 0. The number of hydrogen-bond acceptors (Lipinski definition) is 0. The zero-order valence-corrected chi connectivity index (χ0v) is 4.27. The van der Waals surface area contributed by atoms with E-state index in [4.69, 9.17) is 0 Å². The molecule has 6 heteroatoms. The third-order valence-corrected chi connectivity index (χ3v) is 0.525. The zero-order valence-electron chi connectivity index (χ0n) is 4.27. The molecule has 10 heavy (non-hydrogen) atoms. The molecule has 0 aromatic heterocycles. The molecule has 0 radical (unpaired) electrons. The van der Waals surface area contributed by atoms with Crippen LogP contribution in [0.15, 0.2) is 11.7 Å². The molecule has 0 atom stereocenters.